The molecule has 3 aromatic rings. The number of carbonyl (C=O) groups excluding carboxylic acids is 1. The van der Waals surface area contributed by atoms with Gasteiger partial charge in [0.15, 0.2) is 17.3 Å². The maximum absolute atomic E-state index is 12.5. The Kier molecular flexibility index (Phi) is 4.49. The smallest absolute Gasteiger partial charge is 0.241 e. The summed E-state index contributed by atoms with van der Waals surface area (Å²) >= 11 is 0. The molecule has 25 heavy (non-hydrogen) atoms. The van der Waals surface area contributed by atoms with E-state index in [0.29, 0.717) is 40.5 Å². The number of fused-ring (bicyclic) bond motifs is 1. The minimum absolute atomic E-state index is 0.0481. The summed E-state index contributed by atoms with van der Waals surface area (Å²) in [6, 6.07) is 6.06. The number of ketones is 1. The van der Waals surface area contributed by atoms with Gasteiger partial charge in [-0.25, -0.2) is 18.1 Å². The van der Waals surface area contributed by atoms with E-state index < -0.39 is 10.0 Å². The molecular weight excluding hydrogens is 344 g/mol. The summed E-state index contributed by atoms with van der Waals surface area (Å²) < 4.78 is 38.3. The molecule has 1 N–H and O–H groups in total. The Bertz CT molecular complexity index is 1050. The van der Waals surface area contributed by atoms with Crippen molar-refractivity contribution in [1.29, 1.82) is 0 Å². The van der Waals surface area contributed by atoms with Crippen molar-refractivity contribution in [3.05, 3.63) is 47.2 Å². The summed E-state index contributed by atoms with van der Waals surface area (Å²) in [6.07, 6.45) is 0.630. The molecule has 7 nitrogen and oxygen atoms in total. The van der Waals surface area contributed by atoms with Crippen LogP contribution in [0.5, 0.6) is 0 Å². The molecule has 0 aliphatic heterocycles. The first-order chi connectivity index (χ1) is 11.8. The molecule has 2 aromatic heterocycles. The standard InChI is InChI=1S/C17H18N2O5S/c1-4-17-19-15-8-13(5-6-16(15)24-17)25(21,22)18-9-12-7-14(10(2)20)11(3)23-12/h5-8,18H,4,9H2,1-3H3. The van der Waals surface area contributed by atoms with Crippen LogP contribution in [0.2, 0.25) is 0 Å². The number of aromatic nitrogens is 1. The van der Waals surface area contributed by atoms with Crippen LogP contribution in [-0.2, 0) is 23.0 Å². The Hall–Kier alpha value is -2.45. The average molecular weight is 362 g/mol. The van der Waals surface area contributed by atoms with Gasteiger partial charge in [-0.05, 0) is 38.1 Å². The van der Waals surface area contributed by atoms with Crippen LogP contribution in [0.15, 0.2) is 38.0 Å². The lowest BCUT2D eigenvalue weighted by atomic mass is 10.2. The van der Waals surface area contributed by atoms with Crippen LogP contribution in [0.3, 0.4) is 0 Å². The number of benzene rings is 1. The van der Waals surface area contributed by atoms with Gasteiger partial charge in [-0.15, -0.1) is 0 Å². The third-order valence-electron chi connectivity index (χ3n) is 3.80. The summed E-state index contributed by atoms with van der Waals surface area (Å²) in [5.74, 6) is 1.28. The van der Waals surface area contributed by atoms with Gasteiger partial charge in [0.05, 0.1) is 17.0 Å². The van der Waals surface area contributed by atoms with Crippen LogP contribution in [0.25, 0.3) is 11.1 Å². The molecule has 0 spiro atoms. The number of Topliss-reactive ketones (excluding diaryl/α,β-unsaturated/α-hetero) is 1. The molecule has 3 rings (SSSR count). The molecule has 0 amide bonds. The van der Waals surface area contributed by atoms with E-state index in [1.165, 1.54) is 19.1 Å². The fourth-order valence-electron chi connectivity index (χ4n) is 2.50. The van der Waals surface area contributed by atoms with Crippen molar-refractivity contribution in [2.24, 2.45) is 0 Å². The predicted molar refractivity (Wildman–Crippen MR) is 90.9 cm³/mol. The van der Waals surface area contributed by atoms with Gasteiger partial charge in [0, 0.05) is 6.42 Å². The summed E-state index contributed by atoms with van der Waals surface area (Å²) in [6.45, 7) is 4.96. The lowest BCUT2D eigenvalue weighted by Crippen LogP contribution is -2.23. The summed E-state index contributed by atoms with van der Waals surface area (Å²) in [5, 5.41) is 0. The van der Waals surface area contributed by atoms with Crippen LogP contribution in [0.1, 0.15) is 41.6 Å². The number of oxazole rings is 1. The number of hydrogen-bond donors (Lipinski definition) is 1. The zero-order chi connectivity index (χ0) is 18.2. The van der Waals surface area contributed by atoms with E-state index in [1.807, 2.05) is 6.92 Å². The van der Waals surface area contributed by atoms with Crippen molar-refractivity contribution in [2.75, 3.05) is 0 Å². The number of carbonyl (C=O) groups is 1. The highest BCUT2D eigenvalue weighted by atomic mass is 32.2. The second-order valence-corrected chi connectivity index (χ2v) is 7.42. The van der Waals surface area contributed by atoms with Crippen LogP contribution in [0, 0.1) is 6.92 Å². The predicted octanol–water partition coefficient (Wildman–Crippen LogP) is 2.97. The molecule has 1 aromatic carbocycles. The first kappa shape index (κ1) is 17.4. The van der Waals surface area contributed by atoms with Gasteiger partial charge in [-0.2, -0.15) is 0 Å². The van der Waals surface area contributed by atoms with Crippen LogP contribution >= 0.6 is 0 Å². The fraction of sp³-hybridized carbons (Fsp3) is 0.294. The topological polar surface area (TPSA) is 102 Å². The van der Waals surface area contributed by atoms with Gasteiger partial charge in [-0.3, -0.25) is 4.79 Å². The molecule has 0 saturated carbocycles. The van der Waals surface area contributed by atoms with Crippen molar-refractivity contribution < 1.29 is 22.0 Å². The second-order valence-electron chi connectivity index (χ2n) is 5.65. The van der Waals surface area contributed by atoms with Crippen molar-refractivity contribution in [3.63, 3.8) is 0 Å². The van der Waals surface area contributed by atoms with Gasteiger partial charge in [-0.1, -0.05) is 6.92 Å². The molecule has 0 atom stereocenters. The lowest BCUT2D eigenvalue weighted by molar-refractivity contribution is 0.101. The zero-order valence-electron chi connectivity index (χ0n) is 14.1. The minimum atomic E-state index is -3.75. The van der Waals surface area contributed by atoms with E-state index in [0.717, 1.165) is 0 Å². The van der Waals surface area contributed by atoms with Crippen LogP contribution in [-0.4, -0.2) is 19.2 Å². The highest BCUT2D eigenvalue weighted by Crippen LogP contribution is 2.21. The fourth-order valence-corrected chi connectivity index (χ4v) is 3.52. The maximum atomic E-state index is 12.5. The molecule has 0 bridgehead atoms. The largest absolute Gasteiger partial charge is 0.464 e. The third kappa shape index (κ3) is 3.49. The molecule has 0 radical (unpaired) electrons. The Labute approximate surface area is 145 Å². The van der Waals surface area contributed by atoms with Gasteiger partial charge in [0.1, 0.15) is 17.0 Å². The number of nitrogens with zero attached hydrogens (tertiary/aromatic N) is 1. The normalized spacial score (nSPS) is 12.0. The Morgan fingerprint density at radius 2 is 2.00 bits per heavy atom. The van der Waals surface area contributed by atoms with Gasteiger partial charge >= 0.3 is 0 Å². The summed E-state index contributed by atoms with van der Waals surface area (Å²) in [4.78, 5) is 15.8. The molecule has 0 aliphatic rings. The van der Waals surface area contributed by atoms with Gasteiger partial charge in [0.2, 0.25) is 10.0 Å². The zero-order valence-corrected chi connectivity index (χ0v) is 14.9. The molecule has 0 unspecified atom stereocenters. The van der Waals surface area contributed by atoms with E-state index >= 15 is 0 Å². The molecular formula is C17H18N2O5S. The first-order valence-electron chi connectivity index (χ1n) is 7.79. The quantitative estimate of drug-likeness (QED) is 0.676. The van der Waals surface area contributed by atoms with E-state index in [1.54, 1.807) is 19.1 Å². The van der Waals surface area contributed by atoms with Crippen molar-refractivity contribution in [3.8, 4) is 0 Å². The summed E-state index contributed by atoms with van der Waals surface area (Å²) in [5.41, 5.74) is 1.49. The molecule has 8 heteroatoms. The van der Waals surface area contributed by atoms with E-state index in [-0.39, 0.29) is 17.2 Å². The Morgan fingerprint density at radius 3 is 2.64 bits per heavy atom. The average Bonchev–Trinajstić information content (AvgIpc) is 3.15. The molecule has 0 fully saturated rings. The van der Waals surface area contributed by atoms with E-state index in [2.05, 4.69) is 9.71 Å². The van der Waals surface area contributed by atoms with Crippen LogP contribution < -0.4 is 4.72 Å². The number of nitrogens with one attached hydrogen (secondary N) is 1. The highest BCUT2D eigenvalue weighted by molar-refractivity contribution is 7.89. The SMILES string of the molecule is CCc1nc2cc(S(=O)(=O)NCc3cc(C(C)=O)c(C)o3)ccc2o1. The highest BCUT2D eigenvalue weighted by Gasteiger charge is 2.18. The number of furan rings is 1. The lowest BCUT2D eigenvalue weighted by Gasteiger charge is -2.05. The van der Waals surface area contributed by atoms with Crippen LogP contribution in [0.4, 0.5) is 0 Å². The van der Waals surface area contributed by atoms with Crippen molar-refractivity contribution in [2.45, 2.75) is 38.6 Å². The first-order valence-corrected chi connectivity index (χ1v) is 9.28. The minimum Gasteiger partial charge on any atom is -0.464 e. The third-order valence-corrected chi connectivity index (χ3v) is 5.20. The number of rotatable bonds is 6. The number of aryl methyl sites for hydroxylation is 2. The number of sulfonamides is 1. The molecule has 0 aliphatic carbocycles. The maximum Gasteiger partial charge on any atom is 0.241 e. The monoisotopic (exact) mass is 362 g/mol. The molecule has 132 valence electrons. The van der Waals surface area contributed by atoms with E-state index in [4.69, 9.17) is 8.83 Å². The van der Waals surface area contributed by atoms with Gasteiger partial charge < -0.3 is 8.83 Å². The molecule has 2 heterocycles. The second kappa shape index (κ2) is 6.45. The Balaban J connectivity index is 1.81. The number of hydrogen-bond acceptors (Lipinski definition) is 6. The van der Waals surface area contributed by atoms with Gasteiger partial charge in [0.25, 0.3) is 0 Å². The van der Waals surface area contributed by atoms with Crippen molar-refractivity contribution in [1.82, 2.24) is 9.71 Å². The summed E-state index contributed by atoms with van der Waals surface area (Å²) in [7, 11) is -3.75. The molecule has 0 saturated heterocycles. The van der Waals surface area contributed by atoms with E-state index in [9.17, 15) is 13.2 Å². The van der Waals surface area contributed by atoms with Crippen molar-refractivity contribution >= 4 is 26.9 Å². The Morgan fingerprint density at radius 1 is 1.24 bits per heavy atom.